The van der Waals surface area contributed by atoms with Gasteiger partial charge in [-0.1, -0.05) is 30.3 Å². The van der Waals surface area contributed by atoms with E-state index in [2.05, 4.69) is 5.32 Å². The normalized spacial score (nSPS) is 13.9. The molecular formula is C21H25N3O4S. The highest BCUT2D eigenvalue weighted by atomic mass is 32.2. The van der Waals surface area contributed by atoms with Crippen LogP contribution in [0.2, 0.25) is 0 Å². The van der Waals surface area contributed by atoms with Crippen molar-refractivity contribution in [2.75, 3.05) is 26.0 Å². The number of anilines is 1. The Kier molecular flexibility index (Phi) is 6.04. The molecule has 0 saturated heterocycles. The van der Waals surface area contributed by atoms with Gasteiger partial charge in [-0.25, -0.2) is 12.7 Å². The molecule has 0 spiro atoms. The Hall–Kier alpha value is -2.71. The molecule has 8 heteroatoms. The number of hydrogen-bond acceptors (Lipinski definition) is 4. The molecule has 0 heterocycles. The van der Waals surface area contributed by atoms with E-state index in [-0.39, 0.29) is 29.2 Å². The largest absolute Gasteiger partial charge is 0.348 e. The molecule has 0 bridgehead atoms. The number of nitrogens with zero attached hydrogens (tertiary/aromatic N) is 2. The molecular weight excluding hydrogens is 390 g/mol. The molecule has 2 amide bonds. The fourth-order valence-corrected chi connectivity index (χ4v) is 4.17. The van der Waals surface area contributed by atoms with Crippen molar-refractivity contribution in [1.82, 2.24) is 9.62 Å². The molecule has 0 unspecified atom stereocenters. The molecule has 0 atom stereocenters. The van der Waals surface area contributed by atoms with Gasteiger partial charge in [-0.05, 0) is 36.6 Å². The molecule has 0 aromatic heterocycles. The summed E-state index contributed by atoms with van der Waals surface area (Å²) in [5.74, 6) is -0.319. The highest BCUT2D eigenvalue weighted by Crippen LogP contribution is 2.33. The lowest BCUT2D eigenvalue weighted by molar-refractivity contribution is -0.119. The minimum absolute atomic E-state index is 0.00710. The quantitative estimate of drug-likeness (QED) is 0.751. The second-order valence-corrected chi connectivity index (χ2v) is 9.39. The average Bonchev–Trinajstić information content (AvgIpc) is 3.56. The van der Waals surface area contributed by atoms with Crippen LogP contribution in [0.15, 0.2) is 53.4 Å². The highest BCUT2D eigenvalue weighted by molar-refractivity contribution is 7.89. The summed E-state index contributed by atoms with van der Waals surface area (Å²) in [7, 11) is 0.978. The molecule has 3 rings (SSSR count). The fourth-order valence-electron chi connectivity index (χ4n) is 3.05. The first-order chi connectivity index (χ1) is 13.7. The van der Waals surface area contributed by atoms with Gasteiger partial charge >= 0.3 is 0 Å². The average molecular weight is 416 g/mol. The summed E-state index contributed by atoms with van der Waals surface area (Å²) in [5, 5.41) is 2.79. The maximum atomic E-state index is 12.8. The molecule has 1 fully saturated rings. The number of hydrogen-bond donors (Lipinski definition) is 1. The first-order valence-corrected chi connectivity index (χ1v) is 10.8. The van der Waals surface area contributed by atoms with E-state index in [1.165, 1.54) is 25.1 Å². The number of nitrogens with one attached hydrogen (secondary N) is 1. The Labute approximate surface area is 171 Å². The SMILES string of the molecule is CN(C(=O)C1CC1)c1ccccc1C(=O)NCc1ccccc1S(=O)(=O)N(C)C. The van der Waals surface area contributed by atoms with Crippen molar-refractivity contribution in [3.05, 3.63) is 59.7 Å². The molecule has 2 aromatic carbocycles. The van der Waals surface area contributed by atoms with Crippen molar-refractivity contribution in [2.45, 2.75) is 24.3 Å². The van der Waals surface area contributed by atoms with E-state index in [9.17, 15) is 18.0 Å². The van der Waals surface area contributed by atoms with E-state index in [1.54, 1.807) is 49.5 Å². The Morgan fingerprint density at radius 2 is 1.62 bits per heavy atom. The zero-order valence-corrected chi connectivity index (χ0v) is 17.6. The molecule has 1 aliphatic rings. The van der Waals surface area contributed by atoms with Gasteiger partial charge in [0, 0.05) is 33.6 Å². The summed E-state index contributed by atoms with van der Waals surface area (Å²) in [5.41, 5.74) is 1.41. The van der Waals surface area contributed by atoms with Crippen LogP contribution in [0, 0.1) is 5.92 Å². The van der Waals surface area contributed by atoms with Crippen molar-refractivity contribution < 1.29 is 18.0 Å². The van der Waals surface area contributed by atoms with Crippen LogP contribution in [0.5, 0.6) is 0 Å². The van der Waals surface area contributed by atoms with E-state index < -0.39 is 10.0 Å². The van der Waals surface area contributed by atoms with Crippen LogP contribution >= 0.6 is 0 Å². The van der Waals surface area contributed by atoms with Crippen LogP contribution in [-0.4, -0.2) is 45.7 Å². The molecule has 0 radical (unpaired) electrons. The molecule has 29 heavy (non-hydrogen) atoms. The summed E-state index contributed by atoms with van der Waals surface area (Å²) < 4.78 is 26.2. The Balaban J connectivity index is 1.80. The third-order valence-corrected chi connectivity index (χ3v) is 6.85. The van der Waals surface area contributed by atoms with Crippen LogP contribution in [0.4, 0.5) is 5.69 Å². The second-order valence-electron chi connectivity index (χ2n) is 7.27. The zero-order chi connectivity index (χ0) is 21.2. The zero-order valence-electron chi connectivity index (χ0n) is 16.8. The molecule has 1 saturated carbocycles. The molecule has 2 aromatic rings. The summed E-state index contributed by atoms with van der Waals surface area (Å²) in [4.78, 5) is 26.9. The van der Waals surface area contributed by atoms with Crippen LogP contribution < -0.4 is 10.2 Å². The third-order valence-electron chi connectivity index (χ3n) is 4.94. The monoisotopic (exact) mass is 415 g/mol. The van der Waals surface area contributed by atoms with Gasteiger partial charge in [0.05, 0.1) is 16.1 Å². The minimum atomic E-state index is -3.63. The van der Waals surface area contributed by atoms with Gasteiger partial charge < -0.3 is 10.2 Å². The van der Waals surface area contributed by atoms with Gasteiger partial charge in [0.25, 0.3) is 5.91 Å². The summed E-state index contributed by atoms with van der Waals surface area (Å²) in [6.45, 7) is 0.0523. The van der Waals surface area contributed by atoms with Crippen LogP contribution in [0.1, 0.15) is 28.8 Å². The maximum absolute atomic E-state index is 12.8. The number of para-hydroxylation sites is 1. The van der Waals surface area contributed by atoms with Crippen molar-refractivity contribution in [2.24, 2.45) is 5.92 Å². The topological polar surface area (TPSA) is 86.8 Å². The lowest BCUT2D eigenvalue weighted by atomic mass is 10.1. The van der Waals surface area contributed by atoms with Crippen LogP contribution in [0.3, 0.4) is 0 Å². The third kappa shape index (κ3) is 4.49. The molecule has 1 N–H and O–H groups in total. The number of benzene rings is 2. The number of sulfonamides is 1. The van der Waals surface area contributed by atoms with Crippen molar-refractivity contribution in [3.8, 4) is 0 Å². The number of rotatable bonds is 7. The Morgan fingerprint density at radius 3 is 2.28 bits per heavy atom. The number of amides is 2. The molecule has 1 aliphatic carbocycles. The smallest absolute Gasteiger partial charge is 0.253 e. The van der Waals surface area contributed by atoms with E-state index in [4.69, 9.17) is 0 Å². The van der Waals surface area contributed by atoms with Gasteiger partial charge in [0.2, 0.25) is 15.9 Å². The lowest BCUT2D eigenvalue weighted by Crippen LogP contribution is -2.31. The summed E-state index contributed by atoms with van der Waals surface area (Å²) in [6, 6.07) is 13.5. The lowest BCUT2D eigenvalue weighted by Gasteiger charge is -2.20. The molecule has 0 aliphatic heterocycles. The fraction of sp³-hybridized carbons (Fsp3) is 0.333. The van der Waals surface area contributed by atoms with E-state index in [0.717, 1.165) is 17.1 Å². The first kappa shape index (κ1) is 21.0. The molecule has 154 valence electrons. The van der Waals surface area contributed by atoms with Gasteiger partial charge in [-0.3, -0.25) is 9.59 Å². The summed E-state index contributed by atoms with van der Waals surface area (Å²) in [6.07, 6.45) is 1.77. The van der Waals surface area contributed by atoms with E-state index in [1.807, 2.05) is 0 Å². The second kappa shape index (κ2) is 8.34. The van der Waals surface area contributed by atoms with Crippen LogP contribution in [0.25, 0.3) is 0 Å². The van der Waals surface area contributed by atoms with Gasteiger partial charge in [0.15, 0.2) is 0 Å². The maximum Gasteiger partial charge on any atom is 0.253 e. The van der Waals surface area contributed by atoms with Crippen LogP contribution in [-0.2, 0) is 21.4 Å². The number of carbonyl (C=O) groups is 2. The summed E-state index contributed by atoms with van der Waals surface area (Å²) >= 11 is 0. The van der Waals surface area contributed by atoms with Gasteiger partial charge in [-0.2, -0.15) is 0 Å². The Bertz CT molecular complexity index is 1030. The number of carbonyl (C=O) groups excluding carboxylic acids is 2. The first-order valence-electron chi connectivity index (χ1n) is 9.38. The Morgan fingerprint density at radius 1 is 1.00 bits per heavy atom. The van der Waals surface area contributed by atoms with Gasteiger partial charge in [-0.15, -0.1) is 0 Å². The van der Waals surface area contributed by atoms with Crippen molar-refractivity contribution in [3.63, 3.8) is 0 Å². The van der Waals surface area contributed by atoms with Gasteiger partial charge in [0.1, 0.15) is 0 Å². The van der Waals surface area contributed by atoms with E-state index in [0.29, 0.717) is 16.8 Å². The van der Waals surface area contributed by atoms with Crippen molar-refractivity contribution in [1.29, 1.82) is 0 Å². The van der Waals surface area contributed by atoms with E-state index >= 15 is 0 Å². The predicted molar refractivity (Wildman–Crippen MR) is 111 cm³/mol. The highest BCUT2D eigenvalue weighted by Gasteiger charge is 2.33. The predicted octanol–water partition coefficient (Wildman–Crippen LogP) is 2.24. The minimum Gasteiger partial charge on any atom is -0.348 e. The van der Waals surface area contributed by atoms with Crippen molar-refractivity contribution >= 4 is 27.5 Å². The standard InChI is InChI=1S/C21H25N3O4S/c1-23(2)29(27,28)19-11-7-4-8-16(19)14-22-20(25)17-9-5-6-10-18(17)24(3)21(26)15-12-13-15/h4-11,15H,12-14H2,1-3H3,(H,22,25). The molecule has 7 nitrogen and oxygen atoms in total.